The van der Waals surface area contributed by atoms with Crippen molar-refractivity contribution in [1.82, 2.24) is 0 Å². The minimum atomic E-state index is -0.902. The standard InChI is InChI=1S/C29H36O8/c1-3-5-23-26(11-9-22-24(30)15-17-36-29(22)23)35-16-14-21(4-2)37-25-10-6-19(7-12-27(31)32)18-20(25)8-13-28(33)34/h6,9-11,18,21H,3-5,7-8,12-17H2,1-2H3,(H,31,32)(H,33,34). The van der Waals surface area contributed by atoms with Crippen LogP contribution in [0.2, 0.25) is 0 Å². The molecule has 0 aromatic heterocycles. The summed E-state index contributed by atoms with van der Waals surface area (Å²) in [5.74, 6) is 0.287. The minimum Gasteiger partial charge on any atom is -0.493 e. The van der Waals surface area contributed by atoms with Crippen LogP contribution in [0.5, 0.6) is 17.2 Å². The quantitative estimate of drug-likeness (QED) is 0.331. The molecular weight excluding hydrogens is 476 g/mol. The summed E-state index contributed by atoms with van der Waals surface area (Å²) < 4.78 is 18.2. The molecule has 1 heterocycles. The first-order valence-corrected chi connectivity index (χ1v) is 13.0. The molecule has 2 aromatic rings. The molecule has 0 amide bonds. The zero-order valence-electron chi connectivity index (χ0n) is 21.6. The van der Waals surface area contributed by atoms with E-state index >= 15 is 0 Å². The van der Waals surface area contributed by atoms with E-state index in [0.29, 0.717) is 56.0 Å². The Kier molecular flexibility index (Phi) is 10.4. The average molecular weight is 513 g/mol. The van der Waals surface area contributed by atoms with Crippen molar-refractivity contribution in [2.75, 3.05) is 13.2 Å². The highest BCUT2D eigenvalue weighted by atomic mass is 16.5. The van der Waals surface area contributed by atoms with Gasteiger partial charge in [-0.2, -0.15) is 0 Å². The van der Waals surface area contributed by atoms with Gasteiger partial charge < -0.3 is 24.4 Å². The molecule has 1 atom stereocenters. The van der Waals surface area contributed by atoms with E-state index in [9.17, 15) is 14.4 Å². The molecule has 2 aromatic carbocycles. The molecule has 0 saturated heterocycles. The number of carboxylic acids is 2. The Labute approximate surface area is 217 Å². The van der Waals surface area contributed by atoms with Gasteiger partial charge in [0.15, 0.2) is 5.78 Å². The van der Waals surface area contributed by atoms with Crippen molar-refractivity contribution in [1.29, 1.82) is 0 Å². The summed E-state index contributed by atoms with van der Waals surface area (Å²) in [4.78, 5) is 34.4. The maximum Gasteiger partial charge on any atom is 0.303 e. The smallest absolute Gasteiger partial charge is 0.303 e. The summed E-state index contributed by atoms with van der Waals surface area (Å²) in [6, 6.07) is 9.10. The first-order valence-electron chi connectivity index (χ1n) is 13.0. The van der Waals surface area contributed by atoms with Crippen molar-refractivity contribution in [2.45, 2.75) is 77.7 Å². The highest BCUT2D eigenvalue weighted by molar-refractivity contribution is 6.00. The SMILES string of the molecule is CCCc1c(OCCC(CC)Oc2ccc(CCC(=O)O)cc2CCC(=O)O)ccc2c1OCCC2=O. The number of carbonyl (C=O) groups excluding carboxylic acids is 1. The van der Waals surface area contributed by atoms with Crippen molar-refractivity contribution >= 4 is 17.7 Å². The summed E-state index contributed by atoms with van der Waals surface area (Å²) in [6.45, 7) is 4.88. The molecule has 1 aliphatic heterocycles. The number of ether oxygens (including phenoxy) is 3. The van der Waals surface area contributed by atoms with Gasteiger partial charge in [-0.1, -0.05) is 32.4 Å². The van der Waals surface area contributed by atoms with Crippen LogP contribution in [-0.2, 0) is 28.9 Å². The van der Waals surface area contributed by atoms with E-state index in [4.69, 9.17) is 24.4 Å². The molecule has 0 fully saturated rings. The number of hydrogen-bond acceptors (Lipinski definition) is 6. The van der Waals surface area contributed by atoms with Crippen molar-refractivity contribution in [3.8, 4) is 17.2 Å². The molecule has 8 nitrogen and oxygen atoms in total. The number of carboxylic acid groups (broad SMARTS) is 2. The Hall–Kier alpha value is -3.55. The summed E-state index contributed by atoms with van der Waals surface area (Å²) in [5, 5.41) is 18.1. The van der Waals surface area contributed by atoms with Crippen LogP contribution in [0.4, 0.5) is 0 Å². The second-order valence-electron chi connectivity index (χ2n) is 9.21. The molecular formula is C29H36O8. The van der Waals surface area contributed by atoms with Crippen LogP contribution in [0.3, 0.4) is 0 Å². The minimum absolute atomic E-state index is 0.00934. The molecule has 2 N–H and O–H groups in total. The molecule has 0 bridgehead atoms. The van der Waals surface area contributed by atoms with Crippen LogP contribution >= 0.6 is 0 Å². The number of Topliss-reactive ketones (excluding diaryl/α,β-unsaturated/α-hetero) is 1. The second kappa shape index (κ2) is 13.7. The monoisotopic (exact) mass is 512 g/mol. The molecule has 0 radical (unpaired) electrons. The van der Waals surface area contributed by atoms with E-state index in [-0.39, 0.29) is 24.7 Å². The van der Waals surface area contributed by atoms with Crippen LogP contribution in [0.25, 0.3) is 0 Å². The van der Waals surface area contributed by atoms with Crippen molar-refractivity contribution < 1.29 is 38.8 Å². The van der Waals surface area contributed by atoms with Gasteiger partial charge in [-0.15, -0.1) is 0 Å². The number of hydrogen-bond donors (Lipinski definition) is 2. The van der Waals surface area contributed by atoms with E-state index in [1.165, 1.54) is 0 Å². The number of carbonyl (C=O) groups is 3. The number of ketones is 1. The van der Waals surface area contributed by atoms with Gasteiger partial charge in [0.1, 0.15) is 23.4 Å². The lowest BCUT2D eigenvalue weighted by Crippen LogP contribution is -2.20. The highest BCUT2D eigenvalue weighted by Gasteiger charge is 2.24. The fourth-order valence-electron chi connectivity index (χ4n) is 4.41. The van der Waals surface area contributed by atoms with E-state index in [1.807, 2.05) is 25.1 Å². The number of benzene rings is 2. The third kappa shape index (κ3) is 7.97. The van der Waals surface area contributed by atoms with Crippen LogP contribution in [-0.4, -0.2) is 47.3 Å². The first kappa shape index (κ1) is 28.0. The number of aryl methyl sites for hydroxylation is 2. The topological polar surface area (TPSA) is 119 Å². The summed E-state index contributed by atoms with van der Waals surface area (Å²) in [7, 11) is 0. The Bertz CT molecular complexity index is 1110. The van der Waals surface area contributed by atoms with Crippen LogP contribution in [0.1, 0.15) is 79.4 Å². The van der Waals surface area contributed by atoms with Gasteiger partial charge >= 0.3 is 11.9 Å². The van der Waals surface area contributed by atoms with Gasteiger partial charge in [0, 0.05) is 31.2 Å². The van der Waals surface area contributed by atoms with Gasteiger partial charge in [0.05, 0.1) is 18.8 Å². The van der Waals surface area contributed by atoms with E-state index < -0.39 is 11.9 Å². The molecule has 3 rings (SSSR count). The zero-order chi connectivity index (χ0) is 26.8. The average Bonchev–Trinajstić information content (AvgIpc) is 2.87. The molecule has 8 heteroatoms. The van der Waals surface area contributed by atoms with Gasteiger partial charge in [0.25, 0.3) is 0 Å². The molecule has 200 valence electrons. The summed E-state index contributed by atoms with van der Waals surface area (Å²) >= 11 is 0. The van der Waals surface area contributed by atoms with Gasteiger partial charge in [-0.05, 0) is 55.0 Å². The van der Waals surface area contributed by atoms with Crippen molar-refractivity contribution in [2.24, 2.45) is 0 Å². The maximum absolute atomic E-state index is 12.3. The summed E-state index contributed by atoms with van der Waals surface area (Å²) in [6.07, 6.45) is 3.86. The Balaban J connectivity index is 1.68. The zero-order valence-corrected chi connectivity index (χ0v) is 21.6. The summed E-state index contributed by atoms with van der Waals surface area (Å²) in [5.41, 5.74) is 3.14. The third-order valence-electron chi connectivity index (χ3n) is 6.40. The van der Waals surface area contributed by atoms with E-state index in [0.717, 1.165) is 41.7 Å². The lowest BCUT2D eigenvalue weighted by molar-refractivity contribution is -0.137. The second-order valence-corrected chi connectivity index (χ2v) is 9.21. The van der Waals surface area contributed by atoms with Crippen LogP contribution in [0.15, 0.2) is 30.3 Å². The number of aliphatic carboxylic acids is 2. The van der Waals surface area contributed by atoms with Gasteiger partial charge in [0.2, 0.25) is 0 Å². The largest absolute Gasteiger partial charge is 0.493 e. The lowest BCUT2D eigenvalue weighted by atomic mass is 9.98. The molecule has 1 unspecified atom stereocenters. The van der Waals surface area contributed by atoms with Crippen LogP contribution in [0, 0.1) is 0 Å². The van der Waals surface area contributed by atoms with Gasteiger partial charge in [-0.3, -0.25) is 14.4 Å². The molecule has 1 aliphatic rings. The van der Waals surface area contributed by atoms with E-state index in [1.54, 1.807) is 12.1 Å². The Morgan fingerprint density at radius 2 is 1.73 bits per heavy atom. The molecule has 37 heavy (non-hydrogen) atoms. The lowest BCUT2D eigenvalue weighted by Gasteiger charge is -2.23. The third-order valence-corrected chi connectivity index (χ3v) is 6.40. The maximum atomic E-state index is 12.3. The highest BCUT2D eigenvalue weighted by Crippen LogP contribution is 2.36. The van der Waals surface area contributed by atoms with Crippen LogP contribution < -0.4 is 14.2 Å². The Morgan fingerprint density at radius 3 is 2.43 bits per heavy atom. The number of rotatable bonds is 15. The number of fused-ring (bicyclic) bond motifs is 1. The van der Waals surface area contributed by atoms with E-state index in [2.05, 4.69) is 6.92 Å². The normalized spacial score (nSPS) is 13.4. The fourth-order valence-corrected chi connectivity index (χ4v) is 4.41. The predicted molar refractivity (Wildman–Crippen MR) is 138 cm³/mol. The predicted octanol–water partition coefficient (Wildman–Crippen LogP) is 5.27. The van der Waals surface area contributed by atoms with Crippen molar-refractivity contribution in [3.05, 3.63) is 52.6 Å². The first-order chi connectivity index (χ1) is 17.8. The molecule has 0 spiro atoms. The fraction of sp³-hybridized carbons (Fsp3) is 0.483. The van der Waals surface area contributed by atoms with Gasteiger partial charge in [-0.25, -0.2) is 0 Å². The molecule has 0 saturated carbocycles. The van der Waals surface area contributed by atoms with Crippen molar-refractivity contribution in [3.63, 3.8) is 0 Å². The molecule has 0 aliphatic carbocycles. The Morgan fingerprint density at radius 1 is 1.00 bits per heavy atom.